The molecule has 4 nitrogen and oxygen atoms in total. The van der Waals surface area contributed by atoms with E-state index in [9.17, 15) is 4.79 Å². The molecule has 4 heteroatoms. The Labute approximate surface area is 161 Å². The average Bonchev–Trinajstić information content (AvgIpc) is 2.62. The van der Waals surface area contributed by atoms with Crippen LogP contribution >= 0.6 is 0 Å². The number of nitrogens with zero attached hydrogens (tertiary/aromatic N) is 1. The van der Waals surface area contributed by atoms with Crippen LogP contribution in [0.3, 0.4) is 0 Å². The first kappa shape index (κ1) is 18.2. The predicted molar refractivity (Wildman–Crippen MR) is 106 cm³/mol. The second-order valence-corrected chi connectivity index (χ2v) is 7.90. The van der Waals surface area contributed by atoms with Crippen molar-refractivity contribution >= 4 is 5.97 Å². The van der Waals surface area contributed by atoms with Gasteiger partial charge in [-0.25, -0.2) is 4.79 Å². The molecule has 1 fully saturated rings. The van der Waals surface area contributed by atoms with Crippen molar-refractivity contribution < 1.29 is 9.53 Å². The zero-order valence-corrected chi connectivity index (χ0v) is 16.5. The van der Waals surface area contributed by atoms with Gasteiger partial charge in [0.15, 0.2) is 0 Å². The van der Waals surface area contributed by atoms with E-state index in [4.69, 9.17) is 9.72 Å². The summed E-state index contributed by atoms with van der Waals surface area (Å²) in [5.41, 5.74) is 6.47. The minimum absolute atomic E-state index is 0.105. The molecule has 2 aromatic rings. The minimum Gasteiger partial charge on any atom is -0.462 e. The van der Waals surface area contributed by atoms with E-state index in [-0.39, 0.29) is 17.4 Å². The second-order valence-electron chi connectivity index (χ2n) is 7.90. The molecule has 0 saturated heterocycles. The molecule has 0 amide bonds. The third-order valence-corrected chi connectivity index (χ3v) is 6.26. The first-order valence-electron chi connectivity index (χ1n) is 10.0. The SMILES string of the molecule is CCOC(=O)c1cc2c(nc1C)C(C1(c3ccc(C)cc3)CCC1)NCC2. The van der Waals surface area contributed by atoms with Crippen LogP contribution < -0.4 is 5.32 Å². The molecule has 1 saturated carbocycles. The fraction of sp³-hybridized carbons (Fsp3) is 0.478. The van der Waals surface area contributed by atoms with Gasteiger partial charge in [-0.3, -0.25) is 4.98 Å². The Balaban J connectivity index is 1.75. The molecule has 1 aromatic carbocycles. The van der Waals surface area contributed by atoms with Crippen molar-refractivity contribution in [1.29, 1.82) is 0 Å². The average molecular weight is 364 g/mol. The third-order valence-electron chi connectivity index (χ3n) is 6.26. The van der Waals surface area contributed by atoms with E-state index in [1.54, 1.807) is 0 Å². The number of rotatable bonds is 4. The molecule has 0 radical (unpaired) electrons. The van der Waals surface area contributed by atoms with Gasteiger partial charge in [0.2, 0.25) is 0 Å². The zero-order chi connectivity index (χ0) is 19.0. The Morgan fingerprint density at radius 1 is 1.26 bits per heavy atom. The van der Waals surface area contributed by atoms with Crippen LogP contribution in [-0.2, 0) is 16.6 Å². The molecule has 142 valence electrons. The van der Waals surface area contributed by atoms with Gasteiger partial charge < -0.3 is 10.1 Å². The highest BCUT2D eigenvalue weighted by Crippen LogP contribution is 2.53. The van der Waals surface area contributed by atoms with Crippen LogP contribution in [0.2, 0.25) is 0 Å². The lowest BCUT2D eigenvalue weighted by molar-refractivity contribution is 0.0524. The fourth-order valence-corrected chi connectivity index (χ4v) is 4.62. The van der Waals surface area contributed by atoms with Gasteiger partial charge in [-0.2, -0.15) is 0 Å². The van der Waals surface area contributed by atoms with Crippen LogP contribution in [0.15, 0.2) is 30.3 Å². The molecule has 1 unspecified atom stereocenters. The maximum Gasteiger partial charge on any atom is 0.339 e. The summed E-state index contributed by atoms with van der Waals surface area (Å²) >= 11 is 0. The number of ether oxygens (including phenoxy) is 1. The smallest absolute Gasteiger partial charge is 0.339 e. The molecule has 1 aromatic heterocycles. The van der Waals surface area contributed by atoms with Gasteiger partial charge >= 0.3 is 5.97 Å². The van der Waals surface area contributed by atoms with Crippen LogP contribution in [0.5, 0.6) is 0 Å². The summed E-state index contributed by atoms with van der Waals surface area (Å²) in [5.74, 6) is -0.266. The molecule has 1 aliphatic heterocycles. The Morgan fingerprint density at radius 2 is 2.00 bits per heavy atom. The van der Waals surface area contributed by atoms with Gasteiger partial charge in [0.1, 0.15) is 0 Å². The lowest BCUT2D eigenvalue weighted by Crippen LogP contribution is -2.49. The molecule has 2 heterocycles. The van der Waals surface area contributed by atoms with E-state index in [1.807, 2.05) is 19.9 Å². The Bertz CT molecular complexity index is 853. The van der Waals surface area contributed by atoms with E-state index < -0.39 is 0 Å². The number of hydrogen-bond donors (Lipinski definition) is 1. The first-order chi connectivity index (χ1) is 13.0. The highest BCUT2D eigenvalue weighted by Gasteiger charge is 2.48. The van der Waals surface area contributed by atoms with Crippen molar-refractivity contribution in [2.75, 3.05) is 13.2 Å². The Kier molecular flexibility index (Phi) is 4.77. The molecule has 4 rings (SSSR count). The van der Waals surface area contributed by atoms with Crippen molar-refractivity contribution in [3.8, 4) is 0 Å². The lowest BCUT2D eigenvalue weighted by Gasteiger charge is -2.50. The molecule has 0 spiro atoms. The van der Waals surface area contributed by atoms with Gasteiger partial charge in [-0.1, -0.05) is 36.2 Å². The highest BCUT2D eigenvalue weighted by molar-refractivity contribution is 5.90. The monoisotopic (exact) mass is 364 g/mol. The van der Waals surface area contributed by atoms with Crippen molar-refractivity contribution in [2.24, 2.45) is 0 Å². The van der Waals surface area contributed by atoms with E-state index in [0.29, 0.717) is 12.2 Å². The summed E-state index contributed by atoms with van der Waals surface area (Å²) in [5, 5.41) is 3.75. The van der Waals surface area contributed by atoms with Crippen molar-refractivity contribution in [3.05, 3.63) is 64.0 Å². The van der Waals surface area contributed by atoms with Gasteiger partial charge in [-0.15, -0.1) is 0 Å². The fourth-order valence-electron chi connectivity index (χ4n) is 4.62. The number of fused-ring (bicyclic) bond motifs is 1. The van der Waals surface area contributed by atoms with Crippen molar-refractivity contribution in [3.63, 3.8) is 0 Å². The Morgan fingerprint density at radius 3 is 2.63 bits per heavy atom. The number of hydrogen-bond acceptors (Lipinski definition) is 4. The zero-order valence-electron chi connectivity index (χ0n) is 16.5. The predicted octanol–water partition coefficient (Wildman–Crippen LogP) is 4.18. The largest absolute Gasteiger partial charge is 0.462 e. The number of esters is 1. The topological polar surface area (TPSA) is 51.2 Å². The van der Waals surface area contributed by atoms with Crippen molar-refractivity contribution in [1.82, 2.24) is 10.3 Å². The van der Waals surface area contributed by atoms with Crippen LogP contribution in [0.1, 0.15) is 70.7 Å². The second kappa shape index (κ2) is 7.08. The number of pyridine rings is 1. The number of carbonyl (C=O) groups excluding carboxylic acids is 1. The summed E-state index contributed by atoms with van der Waals surface area (Å²) < 4.78 is 5.21. The van der Waals surface area contributed by atoms with Gasteiger partial charge in [0.25, 0.3) is 0 Å². The third kappa shape index (κ3) is 3.06. The summed E-state index contributed by atoms with van der Waals surface area (Å²) in [6.07, 6.45) is 4.50. The molecule has 0 bridgehead atoms. The molecule has 1 aliphatic carbocycles. The van der Waals surface area contributed by atoms with Crippen molar-refractivity contribution in [2.45, 2.75) is 57.9 Å². The van der Waals surface area contributed by atoms with Crippen LogP contribution in [-0.4, -0.2) is 24.1 Å². The van der Waals surface area contributed by atoms with E-state index in [1.165, 1.54) is 36.0 Å². The standard InChI is InChI=1S/C23H28N2O2/c1-4-27-22(26)19-14-17-10-13-24-21(20(17)25-16(19)3)23(11-5-12-23)18-8-6-15(2)7-9-18/h6-9,14,21,24H,4-5,10-13H2,1-3H3. The van der Waals surface area contributed by atoms with Gasteiger partial charge in [-0.05, 0) is 63.8 Å². The normalized spacial score (nSPS) is 20.5. The minimum atomic E-state index is -0.266. The summed E-state index contributed by atoms with van der Waals surface area (Å²) in [7, 11) is 0. The molecule has 1 atom stereocenters. The maximum atomic E-state index is 12.3. The van der Waals surface area contributed by atoms with Crippen LogP contribution in [0.4, 0.5) is 0 Å². The molecule has 27 heavy (non-hydrogen) atoms. The number of benzene rings is 1. The van der Waals surface area contributed by atoms with Crippen LogP contribution in [0.25, 0.3) is 0 Å². The number of nitrogens with one attached hydrogen (secondary N) is 1. The summed E-state index contributed by atoms with van der Waals surface area (Å²) in [6.45, 7) is 7.18. The molecular weight excluding hydrogens is 336 g/mol. The molecule has 1 N–H and O–H groups in total. The Hall–Kier alpha value is -2.20. The maximum absolute atomic E-state index is 12.3. The number of aromatic nitrogens is 1. The summed E-state index contributed by atoms with van der Waals surface area (Å²) in [4.78, 5) is 17.2. The lowest BCUT2D eigenvalue weighted by atomic mass is 9.58. The van der Waals surface area contributed by atoms with Crippen LogP contribution in [0, 0.1) is 13.8 Å². The summed E-state index contributed by atoms with van der Waals surface area (Å²) in [6, 6.07) is 11.2. The van der Waals surface area contributed by atoms with Gasteiger partial charge in [0.05, 0.1) is 29.6 Å². The highest BCUT2D eigenvalue weighted by atomic mass is 16.5. The van der Waals surface area contributed by atoms with E-state index in [2.05, 4.69) is 36.5 Å². The van der Waals surface area contributed by atoms with E-state index in [0.717, 1.165) is 24.4 Å². The number of aryl methyl sites for hydroxylation is 2. The molecular formula is C23H28N2O2. The quantitative estimate of drug-likeness (QED) is 0.827. The number of carbonyl (C=O) groups is 1. The first-order valence-corrected chi connectivity index (χ1v) is 10.0. The van der Waals surface area contributed by atoms with Gasteiger partial charge in [0, 0.05) is 5.41 Å². The van der Waals surface area contributed by atoms with E-state index >= 15 is 0 Å². The molecule has 2 aliphatic rings.